The minimum atomic E-state index is -5.11. The first-order valence-electron chi connectivity index (χ1n) is 5.00. The van der Waals surface area contributed by atoms with Crippen LogP contribution in [0.4, 0.5) is 26.3 Å². The summed E-state index contributed by atoms with van der Waals surface area (Å²) in [6.45, 7) is 1.08. The first kappa shape index (κ1) is 17.5. The van der Waals surface area contributed by atoms with Crippen LogP contribution in [0, 0.1) is 6.61 Å². The Labute approximate surface area is 154 Å². The van der Waals surface area contributed by atoms with Gasteiger partial charge in [-0.3, -0.25) is 0 Å². The van der Waals surface area contributed by atoms with E-state index < -0.39 is 29.2 Å². The van der Waals surface area contributed by atoms with Crippen LogP contribution in [0.25, 0.3) is 0 Å². The molecule has 0 fully saturated rings. The molecule has 1 aliphatic heterocycles. The maximum Gasteiger partial charge on any atom is 1.00 e. The molecule has 1 nitrogen and oxygen atoms in total. The van der Waals surface area contributed by atoms with E-state index in [4.69, 9.17) is 0 Å². The van der Waals surface area contributed by atoms with Crippen LogP contribution in [0.2, 0.25) is 0 Å². The van der Waals surface area contributed by atoms with E-state index in [9.17, 15) is 26.3 Å². The van der Waals surface area contributed by atoms with E-state index in [1.165, 1.54) is 0 Å². The van der Waals surface area contributed by atoms with Crippen LogP contribution in [0.3, 0.4) is 0 Å². The number of aryl methyl sites for hydroxylation is 1. The molecule has 0 N–H and O–H groups in total. The summed E-state index contributed by atoms with van der Waals surface area (Å²) in [5.41, 5.74) is -3.33. The molecule has 0 spiro atoms. The summed E-state index contributed by atoms with van der Waals surface area (Å²) in [5.74, 6) is -0.733. The van der Waals surface area contributed by atoms with E-state index in [-0.39, 0.29) is 70.2 Å². The van der Waals surface area contributed by atoms with Gasteiger partial charge in [0.2, 0.25) is 0 Å². The van der Waals surface area contributed by atoms with Crippen molar-refractivity contribution >= 4 is 0 Å². The normalized spacial score (nSPS) is 15.3. The third-order valence-corrected chi connectivity index (χ3v) is 2.56. The molecule has 1 aromatic carbocycles. The van der Waals surface area contributed by atoms with Crippen LogP contribution < -0.4 is 62.9 Å². The monoisotopic (exact) mass is 354 g/mol. The van der Waals surface area contributed by atoms with Crippen molar-refractivity contribution in [2.75, 3.05) is 0 Å². The average Bonchev–Trinajstić information content (AvgIpc) is 2.24. The molecule has 8 heteroatoms. The Morgan fingerprint density at radius 1 is 1.00 bits per heavy atom. The van der Waals surface area contributed by atoms with Gasteiger partial charge in [0.1, 0.15) is 11.3 Å². The zero-order valence-corrected chi connectivity index (χ0v) is 14.7. The molecular weight excluding hydrogens is 348 g/mol. The zero-order valence-electron chi connectivity index (χ0n) is 9.82. The van der Waals surface area contributed by atoms with Gasteiger partial charge in [-0.15, -0.1) is 6.42 Å². The summed E-state index contributed by atoms with van der Waals surface area (Å²) in [5, 5.41) is 0. The summed E-state index contributed by atoms with van der Waals surface area (Å²) in [4.78, 5) is 0. The molecule has 100 valence electrons. The molecule has 0 saturated carbocycles. The third kappa shape index (κ3) is 3.74. The van der Waals surface area contributed by atoms with Gasteiger partial charge in [-0.05, 0) is 18.1 Å². The van der Waals surface area contributed by atoms with E-state index in [2.05, 4.69) is 4.74 Å². The van der Waals surface area contributed by atoms with Crippen LogP contribution in [0.5, 0.6) is 5.75 Å². The number of fused-ring (bicyclic) bond motifs is 1. The molecule has 0 amide bonds. The predicted octanol–water partition coefficient (Wildman–Crippen LogP) is 1.21. The van der Waals surface area contributed by atoms with Crippen molar-refractivity contribution in [2.24, 2.45) is 0 Å². The maximum atomic E-state index is 12.8. The Bertz CT molecular complexity index is 465. The largest absolute Gasteiger partial charge is 1.00 e. The Kier molecular flexibility index (Phi) is 5.54. The molecule has 19 heavy (non-hydrogen) atoms. The van der Waals surface area contributed by atoms with Crippen molar-refractivity contribution in [3.8, 4) is 5.75 Å². The fraction of sp³-hybridized carbons (Fsp3) is 0.364. The number of halogens is 6. The Hall–Kier alpha value is 0.405. The fourth-order valence-corrected chi connectivity index (χ4v) is 1.83. The van der Waals surface area contributed by atoms with E-state index in [0.29, 0.717) is 12.5 Å². The smallest absolute Gasteiger partial charge is 0.662 e. The van der Waals surface area contributed by atoms with Crippen molar-refractivity contribution in [3.63, 3.8) is 0 Å². The van der Waals surface area contributed by atoms with Gasteiger partial charge < -0.3 is 4.74 Å². The first-order valence-corrected chi connectivity index (χ1v) is 5.00. The fourth-order valence-electron chi connectivity index (χ4n) is 1.83. The number of hydrogen-bond donors (Lipinski definition) is 0. The van der Waals surface area contributed by atoms with Crippen molar-refractivity contribution in [1.82, 2.24) is 0 Å². The molecule has 1 aromatic rings. The minimum Gasteiger partial charge on any atom is -0.662 e. The Balaban J connectivity index is 0.00000180. The second-order valence-corrected chi connectivity index (χ2v) is 3.80. The van der Waals surface area contributed by atoms with Gasteiger partial charge in [0.05, 0.1) is 5.56 Å². The minimum absolute atomic E-state index is 0. The van der Waals surface area contributed by atoms with Gasteiger partial charge in [0, 0.05) is 0 Å². The van der Waals surface area contributed by atoms with Crippen LogP contribution in [0.15, 0.2) is 12.1 Å². The van der Waals surface area contributed by atoms with Crippen molar-refractivity contribution in [1.29, 1.82) is 0 Å². The molecule has 0 aliphatic carbocycles. The van der Waals surface area contributed by atoms with E-state index >= 15 is 0 Å². The summed E-state index contributed by atoms with van der Waals surface area (Å²) in [7, 11) is 0. The van der Waals surface area contributed by atoms with Gasteiger partial charge in [0.15, 0.2) is 0 Å². The summed E-state index contributed by atoms with van der Waals surface area (Å²) in [6, 6.07) is 1.48. The van der Waals surface area contributed by atoms with E-state index in [0.717, 1.165) is 12.7 Å². The standard InChI is InChI=1S/C11H7F6O.Rb/c12-10(13,14)7-4-3-6-2-1-5-18-9(6)8(7)11(15,16)17;/h3-5H,1-2H2;/q-1;+1. The van der Waals surface area contributed by atoms with Crippen LogP contribution >= 0.6 is 0 Å². The number of alkyl halides is 6. The van der Waals surface area contributed by atoms with Crippen molar-refractivity contribution in [3.05, 3.63) is 35.4 Å². The number of rotatable bonds is 0. The van der Waals surface area contributed by atoms with Crippen LogP contribution in [0.1, 0.15) is 23.1 Å². The molecule has 0 aromatic heterocycles. The zero-order chi connectivity index (χ0) is 13.6. The topological polar surface area (TPSA) is 9.23 Å². The van der Waals surface area contributed by atoms with Gasteiger partial charge in [-0.1, -0.05) is 6.07 Å². The number of benzene rings is 1. The molecule has 0 saturated heterocycles. The van der Waals surface area contributed by atoms with Crippen molar-refractivity contribution < 1.29 is 89.3 Å². The van der Waals surface area contributed by atoms with E-state index in [1.807, 2.05) is 0 Å². The average molecular weight is 355 g/mol. The molecule has 2 rings (SSSR count). The van der Waals surface area contributed by atoms with Gasteiger partial charge in [0.25, 0.3) is 0 Å². The quantitative estimate of drug-likeness (QED) is 0.503. The molecule has 0 radical (unpaired) electrons. The second-order valence-electron chi connectivity index (χ2n) is 3.80. The SMILES string of the molecule is FC(F)(F)c1ccc2c(c1C(F)(F)F)O[CH-]CC2.[Rb+]. The third-order valence-electron chi connectivity index (χ3n) is 2.56. The number of hydrogen-bond acceptors (Lipinski definition) is 1. The summed E-state index contributed by atoms with van der Waals surface area (Å²) >= 11 is 0. The van der Waals surface area contributed by atoms with Gasteiger partial charge in [-0.2, -0.15) is 32.9 Å². The molecule has 1 heterocycles. The molecule has 0 unspecified atom stereocenters. The van der Waals surface area contributed by atoms with Crippen molar-refractivity contribution in [2.45, 2.75) is 25.2 Å². The van der Waals surface area contributed by atoms with Crippen LogP contribution in [-0.2, 0) is 18.8 Å². The number of ether oxygens (including phenoxy) is 1. The van der Waals surface area contributed by atoms with Gasteiger partial charge in [-0.25, -0.2) is 0 Å². The maximum absolute atomic E-state index is 12.8. The predicted molar refractivity (Wildman–Crippen MR) is 49.7 cm³/mol. The van der Waals surface area contributed by atoms with E-state index in [1.54, 1.807) is 0 Å². The Morgan fingerprint density at radius 2 is 1.63 bits per heavy atom. The van der Waals surface area contributed by atoms with Gasteiger partial charge >= 0.3 is 70.5 Å². The first-order chi connectivity index (χ1) is 8.21. The Morgan fingerprint density at radius 3 is 2.16 bits per heavy atom. The molecular formula is C11H7F6ORb. The summed E-state index contributed by atoms with van der Waals surface area (Å²) in [6.07, 6.45) is -9.58. The van der Waals surface area contributed by atoms with Crippen LogP contribution in [-0.4, -0.2) is 0 Å². The second kappa shape index (κ2) is 6.03. The molecule has 0 bridgehead atoms. The molecule has 0 atom stereocenters. The molecule has 1 aliphatic rings. The summed E-state index contributed by atoms with van der Waals surface area (Å²) < 4.78 is 80.7.